The second-order valence-electron chi connectivity index (χ2n) is 3.19. The van der Waals surface area contributed by atoms with Crippen LogP contribution in [-0.2, 0) is 9.53 Å². The average Bonchev–Trinajstić information content (AvgIpc) is 2.32. The van der Waals surface area contributed by atoms with Crippen LogP contribution < -0.4 is 0 Å². The maximum Gasteiger partial charge on any atom is 0.336 e. The fourth-order valence-electron chi connectivity index (χ4n) is 1.86. The van der Waals surface area contributed by atoms with E-state index in [1.165, 1.54) is 7.11 Å². The summed E-state index contributed by atoms with van der Waals surface area (Å²) in [7, 11) is 1.48. The molecule has 0 bridgehead atoms. The topological polar surface area (TPSA) is 46.5 Å². The predicted molar refractivity (Wildman–Crippen MR) is 40.4 cm³/mol. The Hall–Kier alpha value is -0.570. The molecule has 2 atom stereocenters. The number of ether oxygens (including phenoxy) is 1. The van der Waals surface area contributed by atoms with Crippen molar-refractivity contribution in [3.8, 4) is 0 Å². The van der Waals surface area contributed by atoms with Crippen molar-refractivity contribution < 1.29 is 14.6 Å². The molecule has 1 fully saturated rings. The number of methoxy groups -OCH3 is 1. The first kappa shape index (κ1) is 8.53. The molecule has 3 heteroatoms. The van der Waals surface area contributed by atoms with E-state index in [1.54, 1.807) is 0 Å². The molecular formula is C8H14O3. The van der Waals surface area contributed by atoms with Crippen LogP contribution in [0.5, 0.6) is 0 Å². The van der Waals surface area contributed by atoms with Crippen molar-refractivity contribution in [3.05, 3.63) is 0 Å². The van der Waals surface area contributed by atoms with Crippen LogP contribution in [0.15, 0.2) is 0 Å². The largest absolute Gasteiger partial charge is 0.479 e. The van der Waals surface area contributed by atoms with Crippen molar-refractivity contribution in [2.24, 2.45) is 5.92 Å². The molecule has 64 valence electrons. The quantitative estimate of drug-likeness (QED) is 0.658. The molecule has 1 N–H and O–H groups in total. The Kier molecular flexibility index (Phi) is 2.18. The molecule has 1 aliphatic rings. The summed E-state index contributed by atoms with van der Waals surface area (Å²) in [6.07, 6.45) is 2.57. The Balaban J connectivity index is 2.82. The summed E-state index contributed by atoms with van der Waals surface area (Å²) < 4.78 is 5.07. The minimum atomic E-state index is -0.889. The fraction of sp³-hybridized carbons (Fsp3) is 0.875. The summed E-state index contributed by atoms with van der Waals surface area (Å²) in [6, 6.07) is 0. The lowest BCUT2D eigenvalue weighted by molar-refractivity contribution is -0.166. The minimum absolute atomic E-state index is 0.144. The summed E-state index contributed by atoms with van der Waals surface area (Å²) >= 11 is 0. The molecular weight excluding hydrogens is 144 g/mol. The van der Waals surface area contributed by atoms with E-state index >= 15 is 0 Å². The van der Waals surface area contributed by atoms with Crippen LogP contribution in [0.4, 0.5) is 0 Å². The van der Waals surface area contributed by atoms with Crippen LogP contribution in [0.25, 0.3) is 0 Å². The van der Waals surface area contributed by atoms with Crippen LogP contribution in [0.2, 0.25) is 0 Å². The Labute approximate surface area is 66.4 Å². The highest BCUT2D eigenvalue weighted by Gasteiger charge is 2.47. The van der Waals surface area contributed by atoms with Crippen LogP contribution in [0.3, 0.4) is 0 Å². The first-order valence-electron chi connectivity index (χ1n) is 3.92. The first-order chi connectivity index (χ1) is 5.13. The molecule has 0 spiro atoms. The van der Waals surface area contributed by atoms with Crippen LogP contribution in [0, 0.1) is 5.92 Å². The van der Waals surface area contributed by atoms with Crippen molar-refractivity contribution in [3.63, 3.8) is 0 Å². The lowest BCUT2D eigenvalue weighted by atomic mass is 9.92. The third-order valence-corrected chi connectivity index (χ3v) is 2.71. The van der Waals surface area contributed by atoms with Gasteiger partial charge < -0.3 is 9.84 Å². The maximum absolute atomic E-state index is 10.8. The first-order valence-corrected chi connectivity index (χ1v) is 3.92. The van der Waals surface area contributed by atoms with E-state index in [0.717, 1.165) is 12.8 Å². The fourth-order valence-corrected chi connectivity index (χ4v) is 1.86. The molecule has 1 rings (SSSR count). The SMILES string of the molecule is COC1(C(=O)O)CCCC1C. The van der Waals surface area contributed by atoms with Gasteiger partial charge in [0.15, 0.2) is 5.60 Å². The molecule has 0 saturated heterocycles. The van der Waals surface area contributed by atoms with Crippen molar-refractivity contribution in [1.82, 2.24) is 0 Å². The Morgan fingerprint density at radius 1 is 1.73 bits per heavy atom. The standard InChI is InChI=1S/C8H14O3/c1-6-4-3-5-8(6,11-2)7(9)10/h6H,3-5H2,1-2H3,(H,9,10). The van der Waals surface area contributed by atoms with E-state index in [0.29, 0.717) is 6.42 Å². The minimum Gasteiger partial charge on any atom is -0.479 e. The zero-order chi connectivity index (χ0) is 8.48. The molecule has 2 unspecified atom stereocenters. The van der Waals surface area contributed by atoms with Gasteiger partial charge in [0, 0.05) is 7.11 Å². The summed E-state index contributed by atoms with van der Waals surface area (Å²) in [6.45, 7) is 1.94. The van der Waals surface area contributed by atoms with Gasteiger partial charge in [-0.05, 0) is 25.2 Å². The van der Waals surface area contributed by atoms with Crippen LogP contribution >= 0.6 is 0 Å². The molecule has 0 amide bonds. The van der Waals surface area contributed by atoms with Gasteiger partial charge in [-0.3, -0.25) is 0 Å². The molecule has 0 radical (unpaired) electrons. The Bertz CT molecular complexity index is 167. The highest BCUT2D eigenvalue weighted by Crippen LogP contribution is 2.38. The second-order valence-corrected chi connectivity index (χ2v) is 3.19. The van der Waals surface area contributed by atoms with Gasteiger partial charge in [-0.2, -0.15) is 0 Å². The number of rotatable bonds is 2. The van der Waals surface area contributed by atoms with Gasteiger partial charge in [0.05, 0.1) is 0 Å². The van der Waals surface area contributed by atoms with Gasteiger partial charge >= 0.3 is 5.97 Å². The Morgan fingerprint density at radius 3 is 2.55 bits per heavy atom. The number of carboxylic acids is 1. The number of carbonyl (C=O) groups is 1. The van der Waals surface area contributed by atoms with Crippen molar-refractivity contribution in [1.29, 1.82) is 0 Å². The van der Waals surface area contributed by atoms with Crippen LogP contribution in [-0.4, -0.2) is 23.8 Å². The maximum atomic E-state index is 10.8. The molecule has 0 aromatic carbocycles. The van der Waals surface area contributed by atoms with Crippen molar-refractivity contribution in [2.45, 2.75) is 31.8 Å². The van der Waals surface area contributed by atoms with E-state index < -0.39 is 11.6 Å². The zero-order valence-corrected chi connectivity index (χ0v) is 6.96. The van der Waals surface area contributed by atoms with Crippen molar-refractivity contribution in [2.75, 3.05) is 7.11 Å². The van der Waals surface area contributed by atoms with Gasteiger partial charge in [0.1, 0.15) is 0 Å². The monoisotopic (exact) mass is 158 g/mol. The number of aliphatic carboxylic acids is 1. The molecule has 0 aliphatic heterocycles. The molecule has 3 nitrogen and oxygen atoms in total. The summed E-state index contributed by atoms with van der Waals surface area (Å²) in [4.78, 5) is 10.8. The molecule has 1 saturated carbocycles. The molecule has 11 heavy (non-hydrogen) atoms. The van der Waals surface area contributed by atoms with E-state index in [-0.39, 0.29) is 5.92 Å². The van der Waals surface area contributed by atoms with E-state index in [1.807, 2.05) is 6.92 Å². The smallest absolute Gasteiger partial charge is 0.336 e. The highest BCUT2D eigenvalue weighted by atomic mass is 16.5. The number of hydrogen-bond acceptors (Lipinski definition) is 2. The zero-order valence-electron chi connectivity index (χ0n) is 6.96. The highest BCUT2D eigenvalue weighted by molar-refractivity contribution is 5.78. The second kappa shape index (κ2) is 2.81. The van der Waals surface area contributed by atoms with Gasteiger partial charge in [0.25, 0.3) is 0 Å². The van der Waals surface area contributed by atoms with Crippen molar-refractivity contribution >= 4 is 5.97 Å². The van der Waals surface area contributed by atoms with Gasteiger partial charge in [0.2, 0.25) is 0 Å². The van der Waals surface area contributed by atoms with Gasteiger partial charge in [-0.1, -0.05) is 6.92 Å². The lowest BCUT2D eigenvalue weighted by Crippen LogP contribution is -2.42. The molecule has 0 heterocycles. The molecule has 1 aliphatic carbocycles. The molecule has 0 aromatic heterocycles. The summed E-state index contributed by atoms with van der Waals surface area (Å²) in [5.41, 5.74) is -0.889. The third kappa shape index (κ3) is 1.13. The van der Waals surface area contributed by atoms with E-state index in [9.17, 15) is 4.79 Å². The summed E-state index contributed by atoms with van der Waals surface area (Å²) in [5, 5.41) is 8.91. The third-order valence-electron chi connectivity index (χ3n) is 2.71. The van der Waals surface area contributed by atoms with E-state index in [4.69, 9.17) is 9.84 Å². The van der Waals surface area contributed by atoms with Gasteiger partial charge in [-0.25, -0.2) is 4.79 Å². The normalized spacial score (nSPS) is 37.5. The lowest BCUT2D eigenvalue weighted by Gasteiger charge is -2.26. The number of hydrogen-bond donors (Lipinski definition) is 1. The summed E-state index contributed by atoms with van der Waals surface area (Å²) in [5.74, 6) is -0.671. The average molecular weight is 158 g/mol. The van der Waals surface area contributed by atoms with E-state index in [2.05, 4.69) is 0 Å². The Morgan fingerprint density at radius 2 is 2.36 bits per heavy atom. The van der Waals surface area contributed by atoms with Crippen LogP contribution in [0.1, 0.15) is 26.2 Å². The predicted octanol–water partition coefficient (Wildman–Crippen LogP) is 1.28. The molecule has 0 aromatic rings. The number of carboxylic acid groups (broad SMARTS) is 1. The van der Waals surface area contributed by atoms with Gasteiger partial charge in [-0.15, -0.1) is 0 Å².